The summed E-state index contributed by atoms with van der Waals surface area (Å²) in [5.41, 5.74) is 5.58. The number of rotatable bonds is 9. The van der Waals surface area contributed by atoms with Crippen molar-refractivity contribution in [3.63, 3.8) is 0 Å². The van der Waals surface area contributed by atoms with Gasteiger partial charge in [0.25, 0.3) is 5.91 Å². The number of aliphatic imine (C=N–C) groups is 1. The normalized spacial score (nSPS) is 15.2. The molecular weight excluding hydrogens is 481 g/mol. The Balaban J connectivity index is 2.11. The van der Waals surface area contributed by atoms with Crippen molar-refractivity contribution in [3.05, 3.63) is 23.3 Å². The second-order valence-electron chi connectivity index (χ2n) is 9.50. The predicted octanol–water partition coefficient (Wildman–Crippen LogP) is 3.65. The Labute approximate surface area is 209 Å². The van der Waals surface area contributed by atoms with Crippen molar-refractivity contribution in [1.29, 1.82) is 0 Å². The average Bonchev–Trinajstić information content (AvgIpc) is 2.77. The van der Waals surface area contributed by atoms with Crippen LogP contribution in [0.3, 0.4) is 0 Å². The fourth-order valence-electron chi connectivity index (χ4n) is 3.52. The molecule has 1 aromatic rings. The van der Waals surface area contributed by atoms with Crippen LogP contribution in [0.1, 0.15) is 49.5 Å². The molecule has 0 bridgehead atoms. The second kappa shape index (κ2) is 12.8. The van der Waals surface area contributed by atoms with Gasteiger partial charge in [-0.2, -0.15) is 13.2 Å². The molecule has 0 saturated carbocycles. The Morgan fingerprint density at radius 2 is 1.89 bits per heavy atom. The minimum atomic E-state index is -4.61. The first-order chi connectivity index (χ1) is 16.8. The molecule has 1 fully saturated rings. The lowest BCUT2D eigenvalue weighted by molar-refractivity contribution is -0.153. The molecule has 1 aliphatic heterocycles. The Morgan fingerprint density at radius 1 is 1.22 bits per heavy atom. The van der Waals surface area contributed by atoms with Crippen LogP contribution in [-0.2, 0) is 9.47 Å². The van der Waals surface area contributed by atoms with Gasteiger partial charge in [0.05, 0.1) is 17.7 Å². The maximum absolute atomic E-state index is 12.9. The number of likely N-dealkylation sites (tertiary alicyclic amines) is 1. The molecule has 1 aromatic carbocycles. The van der Waals surface area contributed by atoms with Crippen molar-refractivity contribution < 1.29 is 37.0 Å². The summed E-state index contributed by atoms with van der Waals surface area (Å²) in [4.78, 5) is 30.8. The zero-order chi connectivity index (χ0) is 26.9. The lowest BCUT2D eigenvalue weighted by Crippen LogP contribution is -2.42. The third kappa shape index (κ3) is 9.56. The van der Waals surface area contributed by atoms with Gasteiger partial charge in [-0.3, -0.25) is 9.79 Å². The average molecular weight is 517 g/mol. The van der Waals surface area contributed by atoms with Crippen LogP contribution < -0.4 is 15.8 Å². The highest BCUT2D eigenvalue weighted by Crippen LogP contribution is 2.30. The number of nitrogens with two attached hydrogens (primary N) is 1. The van der Waals surface area contributed by atoms with Gasteiger partial charge in [-0.1, -0.05) is 0 Å². The molecule has 0 unspecified atom stereocenters. The highest BCUT2D eigenvalue weighted by Gasteiger charge is 2.31. The van der Waals surface area contributed by atoms with Crippen molar-refractivity contribution in [2.75, 3.05) is 52.2 Å². The van der Waals surface area contributed by atoms with Crippen LogP contribution in [0.2, 0.25) is 0 Å². The molecule has 3 N–H and O–H groups in total. The smallest absolute Gasteiger partial charge is 0.422 e. The van der Waals surface area contributed by atoms with Crippen molar-refractivity contribution in [3.8, 4) is 5.75 Å². The first-order valence-electron chi connectivity index (χ1n) is 11.7. The highest BCUT2D eigenvalue weighted by atomic mass is 19.4. The molecule has 0 atom stereocenters. The number of benzene rings is 1. The van der Waals surface area contributed by atoms with Gasteiger partial charge in [-0.15, -0.1) is 0 Å². The molecule has 1 aliphatic rings. The van der Waals surface area contributed by atoms with E-state index in [0.717, 1.165) is 0 Å². The van der Waals surface area contributed by atoms with E-state index in [2.05, 4.69) is 10.3 Å². The SMILES string of the molecule is COCCNC(=O)c1ccc(N)c(C=NCC2CCN(C(=O)OC(C)(C)C)CC2)c1OCC(F)(F)F. The number of halogens is 3. The quantitative estimate of drug-likeness (QED) is 0.294. The number of piperidine rings is 1. The number of anilines is 1. The van der Waals surface area contributed by atoms with E-state index in [9.17, 15) is 22.8 Å². The van der Waals surface area contributed by atoms with Gasteiger partial charge in [-0.25, -0.2) is 4.79 Å². The maximum atomic E-state index is 12.9. The molecule has 202 valence electrons. The first-order valence-corrected chi connectivity index (χ1v) is 11.7. The predicted molar refractivity (Wildman–Crippen MR) is 130 cm³/mol. The number of carbonyl (C=O) groups excluding carboxylic acids is 2. The molecule has 0 radical (unpaired) electrons. The summed E-state index contributed by atoms with van der Waals surface area (Å²) < 4.78 is 53.9. The Hall–Kier alpha value is -3.02. The van der Waals surface area contributed by atoms with Crippen LogP contribution in [0.25, 0.3) is 0 Å². The maximum Gasteiger partial charge on any atom is 0.422 e. The number of methoxy groups -OCH3 is 1. The van der Waals surface area contributed by atoms with Crippen LogP contribution in [-0.4, -0.2) is 81.4 Å². The summed E-state index contributed by atoms with van der Waals surface area (Å²) in [6, 6.07) is 2.74. The number of hydrogen-bond acceptors (Lipinski definition) is 7. The van der Waals surface area contributed by atoms with Crippen LogP contribution in [0.15, 0.2) is 17.1 Å². The van der Waals surface area contributed by atoms with Crippen LogP contribution >= 0.6 is 0 Å². The number of alkyl halides is 3. The first kappa shape index (κ1) is 29.2. The molecule has 2 rings (SSSR count). The van der Waals surface area contributed by atoms with E-state index in [0.29, 0.717) is 32.5 Å². The van der Waals surface area contributed by atoms with Crippen LogP contribution in [0, 0.1) is 5.92 Å². The summed E-state index contributed by atoms with van der Waals surface area (Å²) in [7, 11) is 1.46. The monoisotopic (exact) mass is 516 g/mol. The second-order valence-corrected chi connectivity index (χ2v) is 9.50. The minimum absolute atomic E-state index is 0.0864. The lowest BCUT2D eigenvalue weighted by atomic mass is 9.97. The van der Waals surface area contributed by atoms with E-state index in [-0.39, 0.29) is 47.7 Å². The summed E-state index contributed by atoms with van der Waals surface area (Å²) in [5, 5.41) is 2.57. The summed E-state index contributed by atoms with van der Waals surface area (Å²) in [5.74, 6) is -0.736. The van der Waals surface area contributed by atoms with E-state index in [4.69, 9.17) is 19.9 Å². The number of carbonyl (C=O) groups is 2. The highest BCUT2D eigenvalue weighted by molar-refractivity contribution is 6.02. The number of ether oxygens (including phenoxy) is 3. The molecule has 1 heterocycles. The Morgan fingerprint density at radius 3 is 2.47 bits per heavy atom. The number of nitrogen functional groups attached to an aromatic ring is 1. The van der Waals surface area contributed by atoms with E-state index in [1.54, 1.807) is 4.90 Å². The third-order valence-corrected chi connectivity index (χ3v) is 5.30. The zero-order valence-corrected chi connectivity index (χ0v) is 21.1. The molecule has 0 spiro atoms. The van der Waals surface area contributed by atoms with E-state index in [1.807, 2.05) is 20.8 Å². The fraction of sp³-hybridized carbons (Fsp3) is 0.625. The van der Waals surface area contributed by atoms with E-state index in [1.165, 1.54) is 25.5 Å². The summed E-state index contributed by atoms with van der Waals surface area (Å²) in [6.45, 7) is 5.67. The molecule has 2 amide bonds. The largest absolute Gasteiger partial charge is 0.483 e. The van der Waals surface area contributed by atoms with Gasteiger partial charge in [0.1, 0.15) is 11.4 Å². The number of amides is 2. The van der Waals surface area contributed by atoms with Gasteiger partial charge in [0.15, 0.2) is 6.61 Å². The standard InChI is InChI=1S/C24H35F3N4O5/c1-23(2,3)36-22(33)31-10-7-16(8-11-31)13-29-14-18-19(28)6-5-17(21(32)30-9-12-34-4)20(18)35-15-24(25,26)27/h5-6,14,16H,7-13,15,28H2,1-4H3,(H,30,32). The van der Waals surface area contributed by atoms with Gasteiger partial charge in [-0.05, 0) is 51.7 Å². The van der Waals surface area contributed by atoms with Crippen molar-refractivity contribution in [2.24, 2.45) is 10.9 Å². The fourth-order valence-corrected chi connectivity index (χ4v) is 3.52. The van der Waals surface area contributed by atoms with Gasteiger partial charge >= 0.3 is 12.3 Å². The molecule has 0 aromatic heterocycles. The summed E-state index contributed by atoms with van der Waals surface area (Å²) >= 11 is 0. The topological polar surface area (TPSA) is 115 Å². The summed E-state index contributed by atoms with van der Waals surface area (Å²) in [6.07, 6.45) is -2.22. The zero-order valence-electron chi connectivity index (χ0n) is 21.1. The number of nitrogens with one attached hydrogen (secondary N) is 1. The van der Waals surface area contributed by atoms with E-state index < -0.39 is 24.3 Å². The van der Waals surface area contributed by atoms with Crippen molar-refractivity contribution >= 4 is 23.9 Å². The minimum Gasteiger partial charge on any atom is -0.483 e. The van der Waals surface area contributed by atoms with Crippen LogP contribution in [0.4, 0.5) is 23.7 Å². The molecule has 1 saturated heterocycles. The number of nitrogens with zero attached hydrogens (tertiary/aromatic N) is 2. The van der Waals surface area contributed by atoms with Gasteiger partial charge < -0.3 is 30.2 Å². The molecule has 36 heavy (non-hydrogen) atoms. The van der Waals surface area contributed by atoms with Crippen LogP contribution in [0.5, 0.6) is 5.75 Å². The molecule has 12 heteroatoms. The molecule has 0 aliphatic carbocycles. The van der Waals surface area contributed by atoms with Gasteiger partial charge in [0.2, 0.25) is 0 Å². The van der Waals surface area contributed by atoms with Crippen molar-refractivity contribution in [1.82, 2.24) is 10.2 Å². The molecule has 9 nitrogen and oxygen atoms in total. The third-order valence-electron chi connectivity index (χ3n) is 5.30. The number of hydrogen-bond donors (Lipinski definition) is 2. The Bertz CT molecular complexity index is 924. The van der Waals surface area contributed by atoms with E-state index >= 15 is 0 Å². The lowest BCUT2D eigenvalue weighted by Gasteiger charge is -2.32. The van der Waals surface area contributed by atoms with Crippen molar-refractivity contribution in [2.45, 2.75) is 45.4 Å². The Kier molecular flexibility index (Phi) is 10.4. The van der Waals surface area contributed by atoms with Gasteiger partial charge in [0, 0.05) is 45.2 Å². The molecular formula is C24H35F3N4O5.